The normalized spacial score (nSPS) is 11.4. The summed E-state index contributed by atoms with van der Waals surface area (Å²) in [7, 11) is 0. The molecule has 10 aromatic rings. The van der Waals surface area contributed by atoms with E-state index >= 15 is 0 Å². The second-order valence-electron chi connectivity index (χ2n) is 13.9. The molecule has 0 spiro atoms. The molecule has 0 fully saturated rings. The van der Waals surface area contributed by atoms with Crippen LogP contribution in [0.25, 0.3) is 90.4 Å². The number of imidazole rings is 2. The Labute approximate surface area is 324 Å². The molecule has 3 aromatic heterocycles. The Hall–Kier alpha value is -7.51. The maximum atomic E-state index is 5.32. The first-order valence-corrected chi connectivity index (χ1v) is 18.7. The first-order valence-electron chi connectivity index (χ1n) is 18.7. The van der Waals surface area contributed by atoms with Crippen LogP contribution >= 0.6 is 0 Å². The van der Waals surface area contributed by atoms with E-state index < -0.39 is 0 Å². The standard InChI is InChI=1S/C49H35N7/c1-32-17-9-13-25-41(32)55-43-27-15-11-23-39(43)50-48(55)37-29-36(47-53-45(34-19-5-3-6-20-34)52-46(54-47)35-21-7-4-8-22-35)30-38(31-37)49-51-40-24-12-16-28-44(40)56(49)42-26-14-10-18-33(42)2/h3-31H,1-2H3. The van der Waals surface area contributed by atoms with Gasteiger partial charge >= 0.3 is 0 Å². The van der Waals surface area contributed by atoms with Crippen molar-refractivity contribution < 1.29 is 0 Å². The highest BCUT2D eigenvalue weighted by Crippen LogP contribution is 2.38. The van der Waals surface area contributed by atoms with Gasteiger partial charge in [-0.15, -0.1) is 0 Å². The van der Waals surface area contributed by atoms with E-state index in [9.17, 15) is 0 Å². The molecule has 7 aromatic carbocycles. The maximum Gasteiger partial charge on any atom is 0.164 e. The highest BCUT2D eigenvalue weighted by atomic mass is 15.1. The molecule has 10 rings (SSSR count). The Bertz CT molecular complexity index is 2850. The Morgan fingerprint density at radius 2 is 0.679 bits per heavy atom. The Morgan fingerprint density at radius 1 is 0.321 bits per heavy atom. The molecule has 0 aliphatic heterocycles. The highest BCUT2D eigenvalue weighted by molar-refractivity contribution is 5.88. The van der Waals surface area contributed by atoms with Crippen LogP contribution in [0.3, 0.4) is 0 Å². The second-order valence-corrected chi connectivity index (χ2v) is 13.9. The summed E-state index contributed by atoms with van der Waals surface area (Å²) in [6, 6.07) is 60.1. The fourth-order valence-corrected chi connectivity index (χ4v) is 7.51. The lowest BCUT2D eigenvalue weighted by atomic mass is 10.0. The molecule has 0 N–H and O–H groups in total. The van der Waals surface area contributed by atoms with E-state index in [1.165, 1.54) is 0 Å². The second kappa shape index (κ2) is 13.7. The summed E-state index contributed by atoms with van der Waals surface area (Å²) in [5, 5.41) is 0. The van der Waals surface area contributed by atoms with Gasteiger partial charge in [-0.3, -0.25) is 9.13 Å². The van der Waals surface area contributed by atoms with Gasteiger partial charge in [-0.2, -0.15) is 0 Å². The molecule has 7 heteroatoms. The smallest absolute Gasteiger partial charge is 0.164 e. The molecular weight excluding hydrogens is 687 g/mol. The molecular formula is C49H35N7. The number of hydrogen-bond acceptors (Lipinski definition) is 5. The number of benzene rings is 7. The van der Waals surface area contributed by atoms with E-state index in [1.54, 1.807) is 0 Å². The average molecular weight is 722 g/mol. The zero-order valence-electron chi connectivity index (χ0n) is 30.9. The van der Waals surface area contributed by atoms with E-state index in [2.05, 4.69) is 126 Å². The number of para-hydroxylation sites is 6. The van der Waals surface area contributed by atoms with Gasteiger partial charge in [0, 0.05) is 27.8 Å². The lowest BCUT2D eigenvalue weighted by molar-refractivity contribution is 1.06. The van der Waals surface area contributed by atoms with Crippen LogP contribution in [-0.2, 0) is 0 Å². The number of fused-ring (bicyclic) bond motifs is 2. The van der Waals surface area contributed by atoms with E-state index in [0.29, 0.717) is 17.5 Å². The third-order valence-corrected chi connectivity index (χ3v) is 10.2. The molecule has 0 unspecified atom stereocenters. The zero-order valence-corrected chi connectivity index (χ0v) is 30.9. The molecule has 56 heavy (non-hydrogen) atoms. The molecule has 0 saturated carbocycles. The van der Waals surface area contributed by atoms with Gasteiger partial charge in [-0.1, -0.05) is 121 Å². The van der Waals surface area contributed by atoms with Gasteiger partial charge in [-0.05, 0) is 79.6 Å². The van der Waals surface area contributed by atoms with Crippen molar-refractivity contribution in [3.05, 3.63) is 187 Å². The van der Waals surface area contributed by atoms with Crippen LogP contribution < -0.4 is 0 Å². The monoisotopic (exact) mass is 721 g/mol. The minimum Gasteiger partial charge on any atom is -0.292 e. The molecule has 0 aliphatic rings. The van der Waals surface area contributed by atoms with E-state index in [1.807, 2.05) is 72.8 Å². The number of rotatable bonds is 7. The number of hydrogen-bond donors (Lipinski definition) is 0. The van der Waals surface area contributed by atoms with Crippen LogP contribution in [0, 0.1) is 13.8 Å². The quantitative estimate of drug-likeness (QED) is 0.164. The SMILES string of the molecule is Cc1ccccc1-n1c(-c2cc(-c3nc(-c4ccccc4)nc(-c4ccccc4)n3)cc(-c3nc4ccccc4n3-c3ccccc3C)c2)nc2ccccc21. The summed E-state index contributed by atoms with van der Waals surface area (Å²) >= 11 is 0. The number of aromatic nitrogens is 7. The molecule has 0 radical (unpaired) electrons. The maximum absolute atomic E-state index is 5.32. The lowest BCUT2D eigenvalue weighted by Gasteiger charge is -2.16. The minimum absolute atomic E-state index is 0.554. The van der Waals surface area contributed by atoms with Gasteiger partial charge in [0.15, 0.2) is 17.5 Å². The predicted octanol–water partition coefficient (Wildman–Crippen LogP) is 11.5. The van der Waals surface area contributed by atoms with Crippen molar-refractivity contribution in [1.82, 2.24) is 34.1 Å². The summed E-state index contributed by atoms with van der Waals surface area (Å²) in [6.07, 6.45) is 0. The van der Waals surface area contributed by atoms with Gasteiger partial charge in [0.25, 0.3) is 0 Å². The molecule has 266 valence electrons. The van der Waals surface area contributed by atoms with Gasteiger partial charge in [0.05, 0.1) is 33.4 Å². The van der Waals surface area contributed by atoms with Gasteiger partial charge in [0.1, 0.15) is 11.6 Å². The highest BCUT2D eigenvalue weighted by Gasteiger charge is 2.22. The van der Waals surface area contributed by atoms with Crippen LogP contribution in [0.15, 0.2) is 176 Å². The van der Waals surface area contributed by atoms with Crippen LogP contribution in [-0.4, -0.2) is 34.1 Å². The molecule has 0 bridgehead atoms. The molecule has 0 atom stereocenters. The molecule has 3 heterocycles. The number of nitrogens with zero attached hydrogens (tertiary/aromatic N) is 7. The van der Waals surface area contributed by atoms with Crippen LogP contribution in [0.2, 0.25) is 0 Å². The summed E-state index contributed by atoms with van der Waals surface area (Å²) in [4.78, 5) is 26.0. The molecule has 0 amide bonds. The third-order valence-electron chi connectivity index (χ3n) is 10.2. The van der Waals surface area contributed by atoms with Crippen LogP contribution in [0.1, 0.15) is 11.1 Å². The first-order chi connectivity index (χ1) is 27.6. The van der Waals surface area contributed by atoms with Gasteiger partial charge in [-0.25, -0.2) is 24.9 Å². The van der Waals surface area contributed by atoms with Crippen LogP contribution in [0.4, 0.5) is 0 Å². The molecule has 7 nitrogen and oxygen atoms in total. The van der Waals surface area contributed by atoms with Gasteiger partial charge < -0.3 is 0 Å². The fraction of sp³-hybridized carbons (Fsp3) is 0.0408. The minimum atomic E-state index is 0.554. The summed E-state index contributed by atoms with van der Waals surface area (Å²) in [5.74, 6) is 3.37. The summed E-state index contributed by atoms with van der Waals surface area (Å²) in [5.41, 5.74) is 12.7. The average Bonchev–Trinajstić information content (AvgIpc) is 3.84. The molecule has 0 saturated heterocycles. The zero-order chi connectivity index (χ0) is 37.6. The third kappa shape index (κ3) is 5.83. The van der Waals surface area contributed by atoms with E-state index in [0.717, 1.165) is 84.0 Å². The Kier molecular flexibility index (Phi) is 8.11. The Morgan fingerprint density at radius 3 is 1.12 bits per heavy atom. The Balaban J connectivity index is 1.30. The van der Waals surface area contributed by atoms with Gasteiger partial charge in [0.2, 0.25) is 0 Å². The lowest BCUT2D eigenvalue weighted by Crippen LogP contribution is -2.03. The summed E-state index contributed by atoms with van der Waals surface area (Å²) < 4.78 is 4.52. The van der Waals surface area contributed by atoms with E-state index in [-0.39, 0.29) is 0 Å². The van der Waals surface area contributed by atoms with Crippen LogP contribution in [0.5, 0.6) is 0 Å². The van der Waals surface area contributed by atoms with Crippen molar-refractivity contribution in [3.63, 3.8) is 0 Å². The predicted molar refractivity (Wildman–Crippen MR) is 226 cm³/mol. The van der Waals surface area contributed by atoms with Crippen molar-refractivity contribution in [2.45, 2.75) is 13.8 Å². The van der Waals surface area contributed by atoms with Crippen molar-refractivity contribution in [3.8, 4) is 68.3 Å². The topological polar surface area (TPSA) is 74.3 Å². The van der Waals surface area contributed by atoms with E-state index in [4.69, 9.17) is 24.9 Å². The number of aryl methyl sites for hydroxylation is 2. The largest absolute Gasteiger partial charge is 0.292 e. The molecule has 0 aliphatic carbocycles. The van der Waals surface area contributed by atoms with Crippen molar-refractivity contribution in [1.29, 1.82) is 0 Å². The van der Waals surface area contributed by atoms with Crippen molar-refractivity contribution in [2.75, 3.05) is 0 Å². The fourth-order valence-electron chi connectivity index (χ4n) is 7.51. The summed E-state index contributed by atoms with van der Waals surface area (Å²) in [6.45, 7) is 4.28. The van der Waals surface area contributed by atoms with Crippen molar-refractivity contribution >= 4 is 22.1 Å². The van der Waals surface area contributed by atoms with Crippen molar-refractivity contribution in [2.24, 2.45) is 0 Å². The first kappa shape index (κ1) is 33.1.